The van der Waals surface area contributed by atoms with Crippen molar-refractivity contribution in [1.82, 2.24) is 4.72 Å². The summed E-state index contributed by atoms with van der Waals surface area (Å²) in [5.41, 5.74) is -0.136. The summed E-state index contributed by atoms with van der Waals surface area (Å²) in [4.78, 5) is 11.2. The lowest BCUT2D eigenvalue weighted by Crippen LogP contribution is -2.28. The van der Waals surface area contributed by atoms with Crippen molar-refractivity contribution in [2.75, 3.05) is 13.2 Å². The average Bonchev–Trinajstić information content (AvgIpc) is 2.59. The third kappa shape index (κ3) is 3.81. The molecule has 0 saturated heterocycles. The van der Waals surface area contributed by atoms with E-state index in [-0.39, 0.29) is 18.0 Å². The maximum absolute atomic E-state index is 12.3. The van der Waals surface area contributed by atoms with Crippen molar-refractivity contribution < 1.29 is 17.6 Å². The van der Waals surface area contributed by atoms with Crippen molar-refractivity contribution in [3.05, 3.63) is 71.1 Å². The first kappa shape index (κ1) is 16.2. The van der Waals surface area contributed by atoms with Gasteiger partial charge in [0.1, 0.15) is 17.9 Å². The number of para-hydroxylation sites is 1. The third-order valence-electron chi connectivity index (χ3n) is 3.31. The van der Waals surface area contributed by atoms with Crippen LogP contribution < -0.4 is 15.1 Å². The van der Waals surface area contributed by atoms with Crippen LogP contribution in [0.25, 0.3) is 11.0 Å². The van der Waals surface area contributed by atoms with E-state index in [0.717, 1.165) is 0 Å². The smallest absolute Gasteiger partial charge is 0.336 e. The van der Waals surface area contributed by atoms with E-state index in [1.165, 1.54) is 30.3 Å². The SMILES string of the molecule is O=c1ccc2cc(S(=O)(=O)NCCOc3ccccc3)ccc2o1. The fourth-order valence-corrected chi connectivity index (χ4v) is 3.21. The van der Waals surface area contributed by atoms with Gasteiger partial charge >= 0.3 is 5.63 Å². The van der Waals surface area contributed by atoms with Gasteiger partial charge in [0.25, 0.3) is 0 Å². The molecule has 1 heterocycles. The summed E-state index contributed by atoms with van der Waals surface area (Å²) in [5.74, 6) is 0.678. The summed E-state index contributed by atoms with van der Waals surface area (Å²) in [6, 6.07) is 16.2. The van der Waals surface area contributed by atoms with Crippen LogP contribution in [0.1, 0.15) is 0 Å². The van der Waals surface area contributed by atoms with Gasteiger partial charge in [-0.3, -0.25) is 0 Å². The first-order valence-corrected chi connectivity index (χ1v) is 8.74. The average molecular weight is 345 g/mol. The van der Waals surface area contributed by atoms with Crippen molar-refractivity contribution in [2.45, 2.75) is 4.90 Å². The third-order valence-corrected chi connectivity index (χ3v) is 4.77. The lowest BCUT2D eigenvalue weighted by Gasteiger charge is -2.09. The molecule has 0 unspecified atom stereocenters. The lowest BCUT2D eigenvalue weighted by molar-refractivity contribution is 0.323. The largest absolute Gasteiger partial charge is 0.492 e. The highest BCUT2D eigenvalue weighted by Gasteiger charge is 2.14. The molecule has 124 valence electrons. The number of sulfonamides is 1. The molecule has 0 atom stereocenters. The van der Waals surface area contributed by atoms with Crippen molar-refractivity contribution in [2.24, 2.45) is 0 Å². The summed E-state index contributed by atoms with van der Waals surface area (Å²) < 4.78 is 37.5. The molecule has 0 saturated carbocycles. The van der Waals surface area contributed by atoms with E-state index in [0.29, 0.717) is 16.7 Å². The molecule has 2 aromatic carbocycles. The second kappa shape index (κ2) is 6.86. The molecule has 0 aliphatic heterocycles. The van der Waals surface area contributed by atoms with E-state index < -0.39 is 15.6 Å². The Labute approximate surface area is 138 Å². The number of ether oxygens (including phenoxy) is 1. The van der Waals surface area contributed by atoms with Crippen LogP contribution in [0.2, 0.25) is 0 Å². The molecule has 1 N–H and O–H groups in total. The van der Waals surface area contributed by atoms with Crippen LogP contribution >= 0.6 is 0 Å². The monoisotopic (exact) mass is 345 g/mol. The van der Waals surface area contributed by atoms with Crippen LogP contribution in [-0.2, 0) is 10.0 Å². The van der Waals surface area contributed by atoms with Gasteiger partial charge in [0, 0.05) is 18.0 Å². The van der Waals surface area contributed by atoms with E-state index in [9.17, 15) is 13.2 Å². The van der Waals surface area contributed by atoms with Gasteiger partial charge < -0.3 is 9.15 Å². The van der Waals surface area contributed by atoms with Gasteiger partial charge in [-0.1, -0.05) is 18.2 Å². The van der Waals surface area contributed by atoms with Crippen LogP contribution in [-0.4, -0.2) is 21.6 Å². The summed E-state index contributed by atoms with van der Waals surface area (Å²) >= 11 is 0. The predicted molar refractivity (Wildman–Crippen MR) is 89.6 cm³/mol. The minimum Gasteiger partial charge on any atom is -0.492 e. The maximum Gasteiger partial charge on any atom is 0.336 e. The highest BCUT2D eigenvalue weighted by molar-refractivity contribution is 7.89. The Bertz CT molecular complexity index is 996. The zero-order valence-corrected chi connectivity index (χ0v) is 13.5. The van der Waals surface area contributed by atoms with Gasteiger partial charge in [-0.2, -0.15) is 0 Å². The van der Waals surface area contributed by atoms with Crippen LogP contribution in [0.5, 0.6) is 5.75 Å². The van der Waals surface area contributed by atoms with Gasteiger partial charge in [0.15, 0.2) is 0 Å². The molecule has 7 heteroatoms. The Hall–Kier alpha value is -2.64. The van der Waals surface area contributed by atoms with E-state index in [1.54, 1.807) is 12.1 Å². The topological polar surface area (TPSA) is 85.6 Å². The molecular weight excluding hydrogens is 330 g/mol. The molecule has 0 radical (unpaired) electrons. The predicted octanol–water partition coefficient (Wildman–Crippen LogP) is 2.15. The molecule has 0 spiro atoms. The second-order valence-corrected chi connectivity index (χ2v) is 6.78. The molecule has 24 heavy (non-hydrogen) atoms. The standard InChI is InChI=1S/C17H15NO5S/c19-17-9-6-13-12-15(7-8-16(13)23-17)24(20,21)18-10-11-22-14-4-2-1-3-5-14/h1-9,12,18H,10-11H2. The van der Waals surface area contributed by atoms with Gasteiger partial charge in [-0.25, -0.2) is 17.9 Å². The van der Waals surface area contributed by atoms with E-state index in [4.69, 9.17) is 9.15 Å². The molecule has 0 aliphatic rings. The summed E-state index contributed by atoms with van der Waals surface area (Å²) in [6.45, 7) is 0.352. The zero-order valence-electron chi connectivity index (χ0n) is 12.6. The number of benzene rings is 2. The number of fused-ring (bicyclic) bond motifs is 1. The maximum atomic E-state index is 12.3. The minimum absolute atomic E-state index is 0.101. The van der Waals surface area contributed by atoms with Crippen LogP contribution in [0.4, 0.5) is 0 Å². The Kier molecular flexibility index (Phi) is 4.64. The van der Waals surface area contributed by atoms with E-state index in [1.807, 2.05) is 18.2 Å². The molecular formula is C17H15NO5S. The van der Waals surface area contributed by atoms with Crippen molar-refractivity contribution >= 4 is 21.0 Å². The van der Waals surface area contributed by atoms with Crippen molar-refractivity contribution in [1.29, 1.82) is 0 Å². The minimum atomic E-state index is -3.67. The summed E-state index contributed by atoms with van der Waals surface area (Å²) in [5, 5.41) is 0.540. The summed E-state index contributed by atoms with van der Waals surface area (Å²) in [7, 11) is -3.67. The molecule has 3 rings (SSSR count). The van der Waals surface area contributed by atoms with Crippen LogP contribution in [0.3, 0.4) is 0 Å². The zero-order chi connectivity index (χ0) is 17.0. The van der Waals surface area contributed by atoms with Gasteiger partial charge in [-0.05, 0) is 36.4 Å². The van der Waals surface area contributed by atoms with E-state index >= 15 is 0 Å². The van der Waals surface area contributed by atoms with Crippen LogP contribution in [0, 0.1) is 0 Å². The molecule has 0 amide bonds. The quantitative estimate of drug-likeness (QED) is 0.546. The Morgan fingerprint density at radius 1 is 1.00 bits per heavy atom. The molecule has 0 aliphatic carbocycles. The highest BCUT2D eigenvalue weighted by Crippen LogP contribution is 2.17. The molecule has 3 aromatic rings. The lowest BCUT2D eigenvalue weighted by atomic mass is 10.2. The van der Waals surface area contributed by atoms with Gasteiger partial charge in [-0.15, -0.1) is 0 Å². The Morgan fingerprint density at radius 2 is 1.79 bits per heavy atom. The number of hydrogen-bond acceptors (Lipinski definition) is 5. The fourth-order valence-electron chi connectivity index (χ4n) is 2.16. The Morgan fingerprint density at radius 3 is 2.58 bits per heavy atom. The van der Waals surface area contributed by atoms with Crippen molar-refractivity contribution in [3.8, 4) is 5.75 Å². The molecule has 0 bridgehead atoms. The Balaban J connectivity index is 1.66. The first-order chi connectivity index (χ1) is 11.5. The normalized spacial score (nSPS) is 11.5. The van der Waals surface area contributed by atoms with Gasteiger partial charge in [0.05, 0.1) is 4.90 Å². The van der Waals surface area contributed by atoms with Crippen LogP contribution in [0.15, 0.2) is 74.8 Å². The van der Waals surface area contributed by atoms with E-state index in [2.05, 4.69) is 4.72 Å². The summed E-state index contributed by atoms with van der Waals surface area (Å²) in [6.07, 6.45) is 0. The fraction of sp³-hybridized carbons (Fsp3) is 0.118. The molecule has 6 nitrogen and oxygen atoms in total. The number of rotatable bonds is 6. The molecule has 1 aromatic heterocycles. The van der Waals surface area contributed by atoms with Crippen molar-refractivity contribution in [3.63, 3.8) is 0 Å². The first-order valence-electron chi connectivity index (χ1n) is 7.26. The number of nitrogens with one attached hydrogen (secondary N) is 1. The second-order valence-electron chi connectivity index (χ2n) is 5.01. The molecule has 0 fully saturated rings. The van der Waals surface area contributed by atoms with Gasteiger partial charge in [0.2, 0.25) is 10.0 Å². The number of hydrogen-bond donors (Lipinski definition) is 1. The highest BCUT2D eigenvalue weighted by atomic mass is 32.2.